The SMILES string of the molecule is c1ccc(SC(Sc2ccccc2)(N2CCCC2)n2nnc3ccccc32)cc1. The normalized spacial score (nSPS) is 15.2. The van der Waals surface area contributed by atoms with Crippen LogP contribution in [-0.4, -0.2) is 33.0 Å². The van der Waals surface area contributed by atoms with Gasteiger partial charge in [-0.15, -0.1) is 5.10 Å². The lowest BCUT2D eigenvalue weighted by Crippen LogP contribution is -2.44. The average molecular weight is 419 g/mol. The van der Waals surface area contributed by atoms with E-state index in [2.05, 4.69) is 92.7 Å². The monoisotopic (exact) mass is 418 g/mol. The molecular weight excluding hydrogens is 396 g/mol. The van der Waals surface area contributed by atoms with Crippen molar-refractivity contribution in [1.82, 2.24) is 19.9 Å². The van der Waals surface area contributed by atoms with E-state index in [0.717, 1.165) is 24.1 Å². The lowest BCUT2D eigenvalue weighted by Gasteiger charge is -2.40. The van der Waals surface area contributed by atoms with E-state index in [0.29, 0.717) is 0 Å². The van der Waals surface area contributed by atoms with Crippen molar-refractivity contribution in [2.75, 3.05) is 13.1 Å². The molecule has 4 aromatic rings. The third kappa shape index (κ3) is 3.68. The van der Waals surface area contributed by atoms with Crippen LogP contribution in [0.15, 0.2) is 94.7 Å². The highest BCUT2D eigenvalue weighted by Gasteiger charge is 2.44. The van der Waals surface area contributed by atoms with E-state index in [1.807, 2.05) is 35.7 Å². The predicted octanol–water partition coefficient (Wildman–Crippen LogP) is 5.68. The van der Waals surface area contributed by atoms with Gasteiger partial charge in [-0.1, -0.05) is 77.3 Å². The topological polar surface area (TPSA) is 34.0 Å². The first-order valence-electron chi connectivity index (χ1n) is 9.89. The molecule has 3 aromatic carbocycles. The van der Waals surface area contributed by atoms with Gasteiger partial charge in [0.05, 0.1) is 5.52 Å². The number of rotatable bonds is 6. The number of benzene rings is 3. The molecular formula is C23H22N4S2. The number of fused-ring (bicyclic) bond motifs is 1. The van der Waals surface area contributed by atoms with Crippen LogP contribution in [0.2, 0.25) is 0 Å². The number of thioether (sulfide) groups is 2. The lowest BCUT2D eigenvalue weighted by atomic mass is 10.3. The summed E-state index contributed by atoms with van der Waals surface area (Å²) < 4.78 is 1.68. The zero-order valence-corrected chi connectivity index (χ0v) is 17.6. The fraction of sp³-hybridized carbons (Fsp3) is 0.217. The maximum Gasteiger partial charge on any atom is 0.221 e. The smallest absolute Gasteiger partial charge is 0.221 e. The summed E-state index contributed by atoms with van der Waals surface area (Å²) in [7, 11) is 0. The summed E-state index contributed by atoms with van der Waals surface area (Å²) in [6, 6.07) is 29.5. The quantitative estimate of drug-likeness (QED) is 0.297. The van der Waals surface area contributed by atoms with Crippen molar-refractivity contribution in [1.29, 1.82) is 0 Å². The Balaban J connectivity index is 1.70. The third-order valence-electron chi connectivity index (χ3n) is 5.11. The molecule has 1 aliphatic rings. The van der Waals surface area contributed by atoms with Gasteiger partial charge in [0.15, 0.2) is 0 Å². The van der Waals surface area contributed by atoms with Crippen LogP contribution in [0.5, 0.6) is 0 Å². The van der Waals surface area contributed by atoms with Crippen LogP contribution in [-0.2, 0) is 4.33 Å². The van der Waals surface area contributed by atoms with Gasteiger partial charge in [-0.3, -0.25) is 4.90 Å². The van der Waals surface area contributed by atoms with Crippen LogP contribution in [0.3, 0.4) is 0 Å². The van der Waals surface area contributed by atoms with Gasteiger partial charge in [0.25, 0.3) is 0 Å². The molecule has 4 nitrogen and oxygen atoms in total. The molecule has 29 heavy (non-hydrogen) atoms. The van der Waals surface area contributed by atoms with Crippen LogP contribution in [0.25, 0.3) is 11.0 Å². The number of hydrogen-bond donors (Lipinski definition) is 0. The molecule has 146 valence electrons. The number of likely N-dealkylation sites (tertiary alicyclic amines) is 1. The van der Waals surface area contributed by atoms with E-state index >= 15 is 0 Å². The second-order valence-corrected chi connectivity index (χ2v) is 9.81. The van der Waals surface area contributed by atoms with Crippen LogP contribution in [0, 0.1) is 0 Å². The Kier molecular flexibility index (Phi) is 5.31. The van der Waals surface area contributed by atoms with Crippen LogP contribution < -0.4 is 0 Å². The second kappa shape index (κ2) is 8.22. The minimum Gasteiger partial charge on any atom is -0.261 e. The summed E-state index contributed by atoms with van der Waals surface area (Å²) in [4.78, 5) is 5.01. The maximum absolute atomic E-state index is 4.69. The summed E-state index contributed by atoms with van der Waals surface area (Å²) in [6.45, 7) is 2.10. The molecule has 6 heteroatoms. The van der Waals surface area contributed by atoms with Gasteiger partial charge in [0.1, 0.15) is 5.52 Å². The van der Waals surface area contributed by atoms with Gasteiger partial charge in [-0.2, -0.15) is 0 Å². The maximum atomic E-state index is 4.69. The average Bonchev–Trinajstić information content (AvgIpc) is 3.46. The van der Waals surface area contributed by atoms with Crippen LogP contribution >= 0.6 is 23.5 Å². The van der Waals surface area contributed by atoms with E-state index in [4.69, 9.17) is 0 Å². The van der Waals surface area contributed by atoms with Gasteiger partial charge >= 0.3 is 0 Å². The summed E-state index contributed by atoms with van der Waals surface area (Å²) in [6.07, 6.45) is 2.41. The summed E-state index contributed by atoms with van der Waals surface area (Å²) in [5.74, 6) is 0. The fourth-order valence-electron chi connectivity index (χ4n) is 3.73. The molecule has 0 aliphatic carbocycles. The Labute approximate surface area is 179 Å². The standard InChI is InChI=1S/C23H22N4S2/c1-3-11-19(12-4-1)28-23(26-17-9-10-18-26,29-20-13-5-2-6-14-20)27-22-16-8-7-15-21(22)24-25-27/h1-8,11-16H,9-10,17-18H2. The molecule has 0 amide bonds. The summed E-state index contributed by atoms with van der Waals surface area (Å²) in [5.41, 5.74) is 1.99. The Morgan fingerprint density at radius 2 is 1.24 bits per heavy atom. The Morgan fingerprint density at radius 3 is 1.86 bits per heavy atom. The molecule has 0 spiro atoms. The highest BCUT2D eigenvalue weighted by atomic mass is 32.2. The molecule has 2 heterocycles. The van der Waals surface area contributed by atoms with Crippen molar-refractivity contribution in [3.05, 3.63) is 84.9 Å². The number of para-hydroxylation sites is 1. The van der Waals surface area contributed by atoms with Crippen molar-refractivity contribution < 1.29 is 0 Å². The Bertz CT molecular complexity index is 1030. The fourth-order valence-corrected chi connectivity index (χ4v) is 6.74. The van der Waals surface area contributed by atoms with Gasteiger partial charge in [0.2, 0.25) is 4.33 Å². The molecule has 1 fully saturated rings. The number of nitrogens with zero attached hydrogens (tertiary/aromatic N) is 4. The van der Waals surface area contributed by atoms with Crippen molar-refractivity contribution in [2.45, 2.75) is 27.0 Å². The first kappa shape index (κ1) is 18.7. The zero-order chi connectivity index (χ0) is 19.5. The van der Waals surface area contributed by atoms with Crippen molar-refractivity contribution in [3.63, 3.8) is 0 Å². The molecule has 1 aliphatic heterocycles. The van der Waals surface area contributed by atoms with E-state index in [9.17, 15) is 0 Å². The second-order valence-electron chi connectivity index (χ2n) is 7.06. The zero-order valence-electron chi connectivity index (χ0n) is 16.0. The van der Waals surface area contributed by atoms with Gasteiger partial charge < -0.3 is 0 Å². The first-order valence-corrected chi connectivity index (χ1v) is 11.5. The lowest BCUT2D eigenvalue weighted by molar-refractivity contribution is 0.214. The highest BCUT2D eigenvalue weighted by molar-refractivity contribution is 8.17. The molecule has 0 unspecified atom stereocenters. The predicted molar refractivity (Wildman–Crippen MR) is 121 cm³/mol. The third-order valence-corrected chi connectivity index (χ3v) is 8.02. The summed E-state index contributed by atoms with van der Waals surface area (Å²) in [5, 5.41) is 9.19. The van der Waals surface area contributed by atoms with Crippen molar-refractivity contribution in [2.24, 2.45) is 0 Å². The van der Waals surface area contributed by atoms with Crippen LogP contribution in [0.4, 0.5) is 0 Å². The minimum absolute atomic E-state index is 0.449. The Morgan fingerprint density at radius 1 is 0.690 bits per heavy atom. The van der Waals surface area contributed by atoms with E-state index in [-0.39, 0.29) is 0 Å². The molecule has 0 bridgehead atoms. The van der Waals surface area contributed by atoms with Gasteiger partial charge in [0, 0.05) is 22.9 Å². The molecule has 0 N–H and O–H groups in total. The van der Waals surface area contributed by atoms with E-state index in [1.54, 1.807) is 0 Å². The largest absolute Gasteiger partial charge is 0.261 e. The van der Waals surface area contributed by atoms with Gasteiger partial charge in [-0.05, 0) is 49.2 Å². The Hall–Kier alpha value is -2.28. The molecule has 1 aromatic heterocycles. The minimum atomic E-state index is -0.449. The van der Waals surface area contributed by atoms with Crippen molar-refractivity contribution in [3.8, 4) is 0 Å². The first-order chi connectivity index (χ1) is 14.4. The van der Waals surface area contributed by atoms with Gasteiger partial charge in [-0.25, -0.2) is 4.68 Å². The van der Waals surface area contributed by atoms with E-state index < -0.39 is 4.33 Å². The van der Waals surface area contributed by atoms with Crippen molar-refractivity contribution >= 4 is 34.6 Å². The number of aromatic nitrogens is 3. The van der Waals surface area contributed by atoms with E-state index in [1.165, 1.54) is 22.6 Å². The number of hydrogen-bond acceptors (Lipinski definition) is 5. The molecule has 0 radical (unpaired) electrons. The molecule has 1 saturated heterocycles. The highest BCUT2D eigenvalue weighted by Crippen LogP contribution is 2.53. The summed E-state index contributed by atoms with van der Waals surface area (Å²) >= 11 is 3.70. The molecule has 0 saturated carbocycles. The van der Waals surface area contributed by atoms with Crippen LogP contribution in [0.1, 0.15) is 12.8 Å². The molecule has 0 atom stereocenters. The molecule has 5 rings (SSSR count).